The lowest BCUT2D eigenvalue weighted by Gasteiger charge is -2.23. The molecule has 1 aromatic heterocycles. The first-order valence-electron chi connectivity index (χ1n) is 7.63. The fourth-order valence-corrected chi connectivity index (χ4v) is 4.55. The maximum absolute atomic E-state index is 13.1. The van der Waals surface area contributed by atoms with Gasteiger partial charge in [0, 0.05) is 19.3 Å². The molecule has 0 aliphatic heterocycles. The number of carboxylic acid groups (broad SMARTS) is 1. The Balaban J connectivity index is 1.98. The van der Waals surface area contributed by atoms with Crippen molar-refractivity contribution in [3.63, 3.8) is 0 Å². The number of aromatic nitrogens is 2. The fourth-order valence-electron chi connectivity index (χ4n) is 2.69. The van der Waals surface area contributed by atoms with E-state index in [-0.39, 0.29) is 23.0 Å². The molecular weight excluding hydrogens is 330 g/mol. The zero-order chi connectivity index (χ0) is 17.5. The molecule has 1 fully saturated rings. The molecule has 0 bridgehead atoms. The zero-order valence-electron chi connectivity index (χ0n) is 13.5. The van der Waals surface area contributed by atoms with E-state index in [0.29, 0.717) is 5.56 Å². The Kier molecular flexibility index (Phi) is 4.18. The predicted molar refractivity (Wildman–Crippen MR) is 87.1 cm³/mol. The van der Waals surface area contributed by atoms with E-state index in [1.165, 1.54) is 22.5 Å². The molecule has 0 amide bonds. The van der Waals surface area contributed by atoms with Gasteiger partial charge in [0.05, 0.1) is 22.7 Å². The maximum atomic E-state index is 13.1. The summed E-state index contributed by atoms with van der Waals surface area (Å²) in [6.07, 6.45) is 3.31. The Hall–Kier alpha value is -2.19. The van der Waals surface area contributed by atoms with Crippen LogP contribution in [0.1, 0.15) is 34.5 Å². The summed E-state index contributed by atoms with van der Waals surface area (Å²) in [7, 11) is -1.93. The number of carboxylic acids is 1. The van der Waals surface area contributed by atoms with Crippen molar-refractivity contribution in [3.8, 4) is 0 Å². The van der Waals surface area contributed by atoms with Crippen LogP contribution in [0.15, 0.2) is 35.4 Å². The van der Waals surface area contributed by atoms with Crippen molar-refractivity contribution < 1.29 is 18.3 Å². The van der Waals surface area contributed by atoms with Gasteiger partial charge in [-0.05, 0) is 49.6 Å². The molecule has 1 saturated carbocycles. The summed E-state index contributed by atoms with van der Waals surface area (Å²) in [4.78, 5) is 11.2. The van der Waals surface area contributed by atoms with E-state index in [2.05, 4.69) is 5.10 Å². The van der Waals surface area contributed by atoms with Gasteiger partial charge in [0.1, 0.15) is 0 Å². The van der Waals surface area contributed by atoms with Crippen LogP contribution < -0.4 is 0 Å². The molecule has 2 aromatic rings. The molecule has 1 aliphatic carbocycles. The first-order chi connectivity index (χ1) is 11.3. The van der Waals surface area contributed by atoms with E-state index in [1.54, 1.807) is 30.9 Å². The highest BCUT2D eigenvalue weighted by Gasteiger charge is 2.39. The summed E-state index contributed by atoms with van der Waals surface area (Å²) in [6, 6.07) is 5.89. The summed E-state index contributed by atoms with van der Waals surface area (Å²) in [5.74, 6) is -1.07. The topological polar surface area (TPSA) is 92.5 Å². The number of aryl methyl sites for hydroxylation is 2. The third-order valence-corrected chi connectivity index (χ3v) is 6.26. The smallest absolute Gasteiger partial charge is 0.335 e. The Morgan fingerprint density at radius 1 is 1.38 bits per heavy atom. The van der Waals surface area contributed by atoms with Gasteiger partial charge in [-0.1, -0.05) is 0 Å². The van der Waals surface area contributed by atoms with Gasteiger partial charge >= 0.3 is 5.97 Å². The molecule has 8 heteroatoms. The van der Waals surface area contributed by atoms with Gasteiger partial charge in [0.15, 0.2) is 0 Å². The molecule has 1 heterocycles. The fraction of sp³-hybridized carbons (Fsp3) is 0.375. The molecule has 3 rings (SSSR count). The number of benzene rings is 1. The summed E-state index contributed by atoms with van der Waals surface area (Å²) in [5, 5.41) is 13.1. The highest BCUT2D eigenvalue weighted by Crippen LogP contribution is 2.34. The molecule has 0 radical (unpaired) electrons. The molecule has 0 saturated heterocycles. The van der Waals surface area contributed by atoms with Crippen molar-refractivity contribution in [2.75, 3.05) is 0 Å². The van der Waals surface area contributed by atoms with Gasteiger partial charge in [0.2, 0.25) is 10.0 Å². The molecular formula is C16H19N3O4S. The molecule has 24 heavy (non-hydrogen) atoms. The molecule has 1 aromatic carbocycles. The number of hydrogen-bond acceptors (Lipinski definition) is 4. The summed E-state index contributed by atoms with van der Waals surface area (Å²) in [5.41, 5.74) is 1.33. The molecule has 128 valence electrons. The molecule has 0 atom stereocenters. The minimum absolute atomic E-state index is 0.0107. The van der Waals surface area contributed by atoms with Crippen molar-refractivity contribution in [2.24, 2.45) is 7.05 Å². The van der Waals surface area contributed by atoms with Gasteiger partial charge in [-0.3, -0.25) is 4.68 Å². The van der Waals surface area contributed by atoms with E-state index in [9.17, 15) is 13.2 Å². The number of rotatable bonds is 6. The van der Waals surface area contributed by atoms with E-state index < -0.39 is 16.0 Å². The Morgan fingerprint density at radius 2 is 2.08 bits per heavy atom. The molecule has 1 aliphatic rings. The standard InChI is InChI=1S/C16H19N3O4S/c1-11-9-12(16(20)21)3-6-15(11)24(22,23)19(13-4-5-13)10-14-7-8-17-18(14)2/h3,6-9,13H,4-5,10H2,1-2H3,(H,20,21). The lowest BCUT2D eigenvalue weighted by Crippen LogP contribution is -2.33. The van der Waals surface area contributed by atoms with Crippen molar-refractivity contribution in [1.82, 2.24) is 14.1 Å². The van der Waals surface area contributed by atoms with Crippen molar-refractivity contribution in [3.05, 3.63) is 47.3 Å². The van der Waals surface area contributed by atoms with Crippen LogP contribution in [0.25, 0.3) is 0 Å². The van der Waals surface area contributed by atoms with Gasteiger partial charge in [-0.25, -0.2) is 13.2 Å². The molecule has 0 unspecified atom stereocenters. The van der Waals surface area contributed by atoms with Crippen LogP contribution in [0.5, 0.6) is 0 Å². The van der Waals surface area contributed by atoms with Gasteiger partial charge in [-0.15, -0.1) is 0 Å². The first kappa shape index (κ1) is 16.7. The molecule has 7 nitrogen and oxygen atoms in total. The van der Waals surface area contributed by atoms with E-state index >= 15 is 0 Å². The van der Waals surface area contributed by atoms with Crippen molar-refractivity contribution >= 4 is 16.0 Å². The minimum Gasteiger partial charge on any atom is -0.478 e. The largest absolute Gasteiger partial charge is 0.478 e. The number of aromatic carboxylic acids is 1. The SMILES string of the molecule is Cc1cc(C(=O)O)ccc1S(=O)(=O)N(Cc1ccnn1C)C1CC1. The normalized spacial score (nSPS) is 15.0. The molecule has 0 spiro atoms. The van der Waals surface area contributed by atoms with Crippen LogP contribution in [0.3, 0.4) is 0 Å². The Labute approximate surface area is 140 Å². The second-order valence-electron chi connectivity index (χ2n) is 6.01. The van der Waals surface area contributed by atoms with E-state index in [0.717, 1.165) is 18.5 Å². The monoisotopic (exact) mass is 349 g/mol. The number of carbonyl (C=O) groups is 1. The Bertz CT molecular complexity index is 884. The second kappa shape index (κ2) is 6.03. The molecule has 1 N–H and O–H groups in total. The van der Waals surface area contributed by atoms with Crippen LogP contribution in [0, 0.1) is 6.92 Å². The summed E-state index contributed by atoms with van der Waals surface area (Å²) in [6.45, 7) is 1.87. The van der Waals surface area contributed by atoms with Crippen molar-refractivity contribution in [1.29, 1.82) is 0 Å². The average molecular weight is 349 g/mol. The van der Waals surface area contributed by atoms with E-state index in [4.69, 9.17) is 5.11 Å². The number of sulfonamides is 1. The summed E-state index contributed by atoms with van der Waals surface area (Å²) < 4.78 is 29.4. The van der Waals surface area contributed by atoms with Crippen molar-refractivity contribution in [2.45, 2.75) is 37.2 Å². The van der Waals surface area contributed by atoms with Gasteiger partial charge in [0.25, 0.3) is 0 Å². The van der Waals surface area contributed by atoms with Crippen LogP contribution in [0.2, 0.25) is 0 Å². The second-order valence-corrected chi connectivity index (χ2v) is 7.87. The Morgan fingerprint density at radius 3 is 2.58 bits per heavy atom. The highest BCUT2D eigenvalue weighted by molar-refractivity contribution is 7.89. The number of hydrogen-bond donors (Lipinski definition) is 1. The third kappa shape index (κ3) is 3.07. The maximum Gasteiger partial charge on any atom is 0.335 e. The predicted octanol–water partition coefficient (Wildman–Crippen LogP) is 1.78. The zero-order valence-corrected chi connectivity index (χ0v) is 14.3. The quantitative estimate of drug-likeness (QED) is 0.858. The first-order valence-corrected chi connectivity index (χ1v) is 9.07. The van der Waals surface area contributed by atoms with Gasteiger partial charge in [-0.2, -0.15) is 9.40 Å². The van der Waals surface area contributed by atoms with Gasteiger partial charge < -0.3 is 5.11 Å². The van der Waals surface area contributed by atoms with Crippen LogP contribution >= 0.6 is 0 Å². The van der Waals surface area contributed by atoms with E-state index in [1.807, 2.05) is 0 Å². The minimum atomic E-state index is -3.70. The highest BCUT2D eigenvalue weighted by atomic mass is 32.2. The lowest BCUT2D eigenvalue weighted by atomic mass is 10.1. The summed E-state index contributed by atoms with van der Waals surface area (Å²) >= 11 is 0. The van der Waals surface area contributed by atoms with Crippen LogP contribution in [-0.4, -0.2) is 39.6 Å². The van der Waals surface area contributed by atoms with Crippen LogP contribution in [-0.2, 0) is 23.6 Å². The third-order valence-electron chi connectivity index (χ3n) is 4.20. The van der Waals surface area contributed by atoms with Crippen LogP contribution in [0.4, 0.5) is 0 Å². The lowest BCUT2D eigenvalue weighted by molar-refractivity contribution is 0.0696. The number of nitrogens with zero attached hydrogens (tertiary/aromatic N) is 3. The average Bonchev–Trinajstić information content (AvgIpc) is 3.27.